The lowest BCUT2D eigenvalue weighted by Gasteiger charge is -2.07. The predicted octanol–water partition coefficient (Wildman–Crippen LogP) is 3.08. The Hall–Kier alpha value is -3.15. The van der Waals surface area contributed by atoms with E-state index in [-0.39, 0.29) is 11.7 Å². The number of ether oxygens (including phenoxy) is 1. The Morgan fingerprint density at radius 2 is 1.96 bits per heavy atom. The van der Waals surface area contributed by atoms with E-state index in [1.807, 2.05) is 61.5 Å². The van der Waals surface area contributed by atoms with Gasteiger partial charge >= 0.3 is 0 Å². The predicted molar refractivity (Wildman–Crippen MR) is 96.0 cm³/mol. The second-order valence-corrected chi connectivity index (χ2v) is 5.49. The van der Waals surface area contributed by atoms with Crippen molar-refractivity contribution in [3.05, 3.63) is 60.4 Å². The molecule has 0 saturated carbocycles. The Kier molecular flexibility index (Phi) is 5.09. The van der Waals surface area contributed by atoms with Gasteiger partial charge in [-0.2, -0.15) is 0 Å². The van der Waals surface area contributed by atoms with Gasteiger partial charge in [0.15, 0.2) is 5.82 Å². The van der Waals surface area contributed by atoms with Gasteiger partial charge in [0, 0.05) is 12.1 Å². The number of hydrogen-bond acceptors (Lipinski definition) is 4. The van der Waals surface area contributed by atoms with Crippen molar-refractivity contribution in [1.82, 2.24) is 20.1 Å². The van der Waals surface area contributed by atoms with E-state index in [0.717, 1.165) is 23.4 Å². The molecular weight excluding hydrogens is 316 g/mol. The summed E-state index contributed by atoms with van der Waals surface area (Å²) in [6.45, 7) is 2.59. The molecule has 6 heteroatoms. The van der Waals surface area contributed by atoms with Crippen LogP contribution in [-0.2, 0) is 0 Å². The van der Waals surface area contributed by atoms with E-state index in [1.165, 1.54) is 0 Å². The molecule has 3 aromatic rings. The summed E-state index contributed by atoms with van der Waals surface area (Å²) in [4.78, 5) is 16.8. The van der Waals surface area contributed by atoms with Crippen molar-refractivity contribution in [2.24, 2.45) is 0 Å². The number of benzene rings is 2. The number of amides is 1. The summed E-state index contributed by atoms with van der Waals surface area (Å²) in [5, 5.41) is 7.23. The minimum Gasteiger partial charge on any atom is -0.497 e. The van der Waals surface area contributed by atoms with Crippen LogP contribution in [0.1, 0.15) is 24.0 Å². The first kappa shape index (κ1) is 16.7. The summed E-state index contributed by atoms with van der Waals surface area (Å²) in [5.74, 6) is 1.18. The van der Waals surface area contributed by atoms with Gasteiger partial charge in [0.25, 0.3) is 5.91 Å². The molecule has 6 nitrogen and oxygen atoms in total. The number of carbonyl (C=O) groups is 1. The van der Waals surface area contributed by atoms with Crippen molar-refractivity contribution in [1.29, 1.82) is 0 Å². The molecule has 0 aliphatic rings. The number of para-hydroxylation sites is 1. The van der Waals surface area contributed by atoms with Crippen LogP contribution < -0.4 is 10.1 Å². The van der Waals surface area contributed by atoms with E-state index in [0.29, 0.717) is 12.4 Å². The summed E-state index contributed by atoms with van der Waals surface area (Å²) < 4.78 is 6.97. The van der Waals surface area contributed by atoms with Gasteiger partial charge in [0.1, 0.15) is 5.75 Å². The highest BCUT2D eigenvalue weighted by molar-refractivity contribution is 5.91. The Labute approximate surface area is 146 Å². The van der Waals surface area contributed by atoms with Gasteiger partial charge < -0.3 is 10.1 Å². The number of methoxy groups -OCH3 is 1. The van der Waals surface area contributed by atoms with Crippen molar-refractivity contribution in [2.75, 3.05) is 13.7 Å². The van der Waals surface area contributed by atoms with E-state index in [4.69, 9.17) is 4.74 Å². The zero-order chi connectivity index (χ0) is 17.6. The van der Waals surface area contributed by atoms with Crippen molar-refractivity contribution < 1.29 is 9.53 Å². The second-order valence-electron chi connectivity index (χ2n) is 5.49. The maximum absolute atomic E-state index is 12.3. The third-order valence-electron chi connectivity index (χ3n) is 3.67. The Morgan fingerprint density at radius 3 is 2.68 bits per heavy atom. The third kappa shape index (κ3) is 3.68. The minimum atomic E-state index is -0.277. The molecule has 2 aromatic carbocycles. The molecular formula is C19H20N4O2. The first-order valence-corrected chi connectivity index (χ1v) is 8.18. The summed E-state index contributed by atoms with van der Waals surface area (Å²) >= 11 is 0. The van der Waals surface area contributed by atoms with E-state index >= 15 is 0 Å². The highest BCUT2D eigenvalue weighted by atomic mass is 16.5. The molecule has 0 aliphatic carbocycles. The fraction of sp³-hybridized carbons (Fsp3) is 0.211. The van der Waals surface area contributed by atoms with Gasteiger partial charge in [-0.05, 0) is 30.7 Å². The normalized spacial score (nSPS) is 10.5. The number of rotatable bonds is 6. The number of hydrogen-bond donors (Lipinski definition) is 1. The second kappa shape index (κ2) is 7.61. The summed E-state index contributed by atoms with van der Waals surface area (Å²) in [6.07, 6.45) is 0.855. The van der Waals surface area contributed by atoms with Gasteiger partial charge in [0.05, 0.1) is 12.8 Å². The number of aromatic nitrogens is 3. The highest BCUT2D eigenvalue weighted by Gasteiger charge is 2.18. The lowest BCUT2D eigenvalue weighted by molar-refractivity contribution is 0.0943. The van der Waals surface area contributed by atoms with Gasteiger partial charge in [-0.1, -0.05) is 37.3 Å². The molecule has 0 atom stereocenters. The monoisotopic (exact) mass is 336 g/mol. The molecule has 0 spiro atoms. The molecule has 1 heterocycles. The summed E-state index contributed by atoms with van der Waals surface area (Å²) in [6, 6.07) is 17.2. The first-order chi connectivity index (χ1) is 12.2. The van der Waals surface area contributed by atoms with Crippen LogP contribution in [0.25, 0.3) is 17.1 Å². The van der Waals surface area contributed by atoms with Crippen molar-refractivity contribution >= 4 is 5.91 Å². The van der Waals surface area contributed by atoms with Crippen LogP contribution in [0.3, 0.4) is 0 Å². The Bertz CT molecular complexity index is 859. The third-order valence-corrected chi connectivity index (χ3v) is 3.67. The molecule has 0 bridgehead atoms. The topological polar surface area (TPSA) is 69.0 Å². The van der Waals surface area contributed by atoms with Crippen LogP contribution in [-0.4, -0.2) is 34.3 Å². The molecule has 1 amide bonds. The molecule has 3 rings (SSSR count). The molecule has 0 aliphatic heterocycles. The van der Waals surface area contributed by atoms with Crippen molar-refractivity contribution in [3.8, 4) is 22.8 Å². The fourth-order valence-electron chi connectivity index (χ4n) is 2.42. The average Bonchev–Trinajstić information content (AvgIpc) is 3.12. The Balaban J connectivity index is 2.08. The first-order valence-electron chi connectivity index (χ1n) is 8.18. The maximum Gasteiger partial charge on any atom is 0.290 e. The van der Waals surface area contributed by atoms with Crippen molar-refractivity contribution in [3.63, 3.8) is 0 Å². The van der Waals surface area contributed by atoms with E-state index < -0.39 is 0 Å². The van der Waals surface area contributed by atoms with Crippen LogP contribution in [0.5, 0.6) is 5.75 Å². The maximum atomic E-state index is 12.3. The Morgan fingerprint density at radius 1 is 1.16 bits per heavy atom. The summed E-state index contributed by atoms with van der Waals surface area (Å²) in [5.41, 5.74) is 1.66. The van der Waals surface area contributed by atoms with Gasteiger partial charge in [-0.25, -0.2) is 9.67 Å². The quantitative estimate of drug-likeness (QED) is 0.751. The molecule has 25 heavy (non-hydrogen) atoms. The van der Waals surface area contributed by atoms with Crippen LogP contribution in [0, 0.1) is 0 Å². The molecule has 0 unspecified atom stereocenters. The van der Waals surface area contributed by atoms with Gasteiger partial charge in [-0.15, -0.1) is 5.10 Å². The van der Waals surface area contributed by atoms with Crippen LogP contribution in [0.2, 0.25) is 0 Å². The molecule has 0 fully saturated rings. The molecule has 0 saturated heterocycles. The number of nitrogens with zero attached hydrogens (tertiary/aromatic N) is 3. The lowest BCUT2D eigenvalue weighted by atomic mass is 10.2. The van der Waals surface area contributed by atoms with Gasteiger partial charge in [0.2, 0.25) is 5.82 Å². The van der Waals surface area contributed by atoms with Gasteiger partial charge in [-0.3, -0.25) is 4.79 Å². The summed E-state index contributed by atoms with van der Waals surface area (Å²) in [7, 11) is 1.62. The molecule has 1 N–H and O–H groups in total. The van der Waals surface area contributed by atoms with Crippen LogP contribution in [0.4, 0.5) is 0 Å². The number of nitrogens with one attached hydrogen (secondary N) is 1. The molecule has 128 valence electrons. The lowest BCUT2D eigenvalue weighted by Crippen LogP contribution is -2.25. The highest BCUT2D eigenvalue weighted by Crippen LogP contribution is 2.24. The van der Waals surface area contributed by atoms with Crippen molar-refractivity contribution in [2.45, 2.75) is 13.3 Å². The zero-order valence-corrected chi connectivity index (χ0v) is 14.3. The minimum absolute atomic E-state index is 0.148. The molecule has 0 radical (unpaired) electrons. The standard InChI is InChI=1S/C19H20N4O2/c1-3-12-20-19(24)17-21-18(14-8-7-11-16(13-14)25-2)23(22-17)15-9-5-4-6-10-15/h4-11,13H,3,12H2,1-2H3,(H,20,24). The largest absolute Gasteiger partial charge is 0.497 e. The van der Waals surface area contributed by atoms with Crippen LogP contribution >= 0.6 is 0 Å². The zero-order valence-electron chi connectivity index (χ0n) is 14.3. The van der Waals surface area contributed by atoms with E-state index in [2.05, 4.69) is 15.4 Å². The smallest absolute Gasteiger partial charge is 0.290 e. The number of carbonyl (C=O) groups excluding carboxylic acids is 1. The van der Waals surface area contributed by atoms with E-state index in [1.54, 1.807) is 11.8 Å². The van der Waals surface area contributed by atoms with E-state index in [9.17, 15) is 4.79 Å². The SMILES string of the molecule is CCCNC(=O)c1nc(-c2cccc(OC)c2)n(-c2ccccc2)n1. The average molecular weight is 336 g/mol. The van der Waals surface area contributed by atoms with Crippen LogP contribution in [0.15, 0.2) is 54.6 Å². The molecule has 1 aromatic heterocycles. The fourth-order valence-corrected chi connectivity index (χ4v) is 2.42.